The first-order valence-electron chi connectivity index (χ1n) is 9.32. The molecule has 2 aromatic rings. The Labute approximate surface area is 166 Å². The molecule has 4 heteroatoms. The fraction of sp³-hybridized carbons (Fsp3) is 0.304. The molecular formula is C23H26N2OS. The number of carbonyl (C=O) groups excluding carboxylic acids is 1. The van der Waals surface area contributed by atoms with Crippen LogP contribution in [0.1, 0.15) is 29.9 Å². The number of hydrogen-bond donors (Lipinski definition) is 0. The smallest absolute Gasteiger partial charge is 0.260 e. The number of benzene rings is 1. The molecule has 1 aliphatic heterocycles. The van der Waals surface area contributed by atoms with Gasteiger partial charge in [0, 0.05) is 24.8 Å². The summed E-state index contributed by atoms with van der Waals surface area (Å²) in [6.45, 7) is 7.43. The van der Waals surface area contributed by atoms with Crippen LogP contribution >= 0.6 is 11.8 Å². The van der Waals surface area contributed by atoms with Gasteiger partial charge in [0.1, 0.15) is 0 Å². The summed E-state index contributed by atoms with van der Waals surface area (Å²) in [7, 11) is 0. The van der Waals surface area contributed by atoms with E-state index in [0.29, 0.717) is 5.92 Å². The van der Waals surface area contributed by atoms with Crippen molar-refractivity contribution >= 4 is 17.7 Å². The third-order valence-electron chi connectivity index (χ3n) is 5.15. The number of aromatic nitrogens is 1. The van der Waals surface area contributed by atoms with Crippen molar-refractivity contribution in [3.8, 4) is 11.3 Å². The van der Waals surface area contributed by atoms with E-state index in [-0.39, 0.29) is 5.91 Å². The maximum absolute atomic E-state index is 12.7. The maximum atomic E-state index is 12.7. The van der Waals surface area contributed by atoms with E-state index in [0.717, 1.165) is 36.5 Å². The number of thioether (sulfide) groups is 1. The normalized spacial score (nSPS) is 15.6. The molecule has 1 aromatic carbocycles. The number of rotatable bonds is 5. The lowest BCUT2D eigenvalue weighted by molar-refractivity contribution is -0.127. The van der Waals surface area contributed by atoms with Crippen molar-refractivity contribution < 1.29 is 4.79 Å². The van der Waals surface area contributed by atoms with E-state index >= 15 is 0 Å². The number of piperidine rings is 1. The highest BCUT2D eigenvalue weighted by molar-refractivity contribution is 8.03. The first kappa shape index (κ1) is 19.4. The van der Waals surface area contributed by atoms with Crippen molar-refractivity contribution in [1.82, 2.24) is 9.88 Å². The summed E-state index contributed by atoms with van der Waals surface area (Å²) in [5, 5.41) is 0. The third kappa shape index (κ3) is 4.33. The highest BCUT2D eigenvalue weighted by atomic mass is 32.2. The van der Waals surface area contributed by atoms with E-state index in [9.17, 15) is 4.79 Å². The van der Waals surface area contributed by atoms with E-state index in [2.05, 4.69) is 42.8 Å². The molecule has 0 spiro atoms. The molecule has 0 aliphatic carbocycles. The van der Waals surface area contributed by atoms with Crippen molar-refractivity contribution in [3.63, 3.8) is 0 Å². The Bertz CT molecular complexity index is 837. The molecular weight excluding hydrogens is 352 g/mol. The minimum atomic E-state index is 0.120. The van der Waals surface area contributed by atoms with Crippen LogP contribution in [0, 0.1) is 6.92 Å². The van der Waals surface area contributed by atoms with Crippen LogP contribution in [-0.2, 0) is 4.79 Å². The van der Waals surface area contributed by atoms with Gasteiger partial charge in [-0.2, -0.15) is 0 Å². The highest BCUT2D eigenvalue weighted by Gasteiger charge is 2.27. The van der Waals surface area contributed by atoms with Crippen molar-refractivity contribution in [3.05, 3.63) is 77.4 Å². The van der Waals surface area contributed by atoms with Gasteiger partial charge in [-0.1, -0.05) is 36.9 Å². The standard InChI is InChI=1S/C23H26N2OS/c1-4-8-21(27-3)23(26)25-15-12-18(13-16-25)19-10-7-9-17(2)22(19)20-11-5-6-14-24-20/h4-11,14,18H,1,12-13,15-16H2,2-3H3/b21-8-. The van der Waals surface area contributed by atoms with Crippen LogP contribution in [0.2, 0.25) is 0 Å². The monoisotopic (exact) mass is 378 g/mol. The Morgan fingerprint density at radius 3 is 2.63 bits per heavy atom. The van der Waals surface area contributed by atoms with Crippen LogP contribution < -0.4 is 0 Å². The Morgan fingerprint density at radius 2 is 2.00 bits per heavy atom. The molecule has 1 saturated heterocycles. The van der Waals surface area contributed by atoms with Crippen LogP contribution in [-0.4, -0.2) is 35.1 Å². The molecule has 1 aliphatic rings. The summed E-state index contributed by atoms with van der Waals surface area (Å²) in [6, 6.07) is 12.6. The number of likely N-dealkylation sites (tertiary alicyclic amines) is 1. The third-order valence-corrected chi connectivity index (χ3v) is 5.90. The van der Waals surface area contributed by atoms with Gasteiger partial charge >= 0.3 is 0 Å². The number of nitrogens with zero attached hydrogens (tertiary/aromatic N) is 2. The fourth-order valence-electron chi connectivity index (χ4n) is 3.77. The van der Waals surface area contributed by atoms with Crippen LogP contribution in [0.3, 0.4) is 0 Å². The minimum Gasteiger partial charge on any atom is -0.338 e. The molecule has 1 amide bonds. The summed E-state index contributed by atoms with van der Waals surface area (Å²) >= 11 is 1.49. The summed E-state index contributed by atoms with van der Waals surface area (Å²) in [5.41, 5.74) is 4.89. The van der Waals surface area contributed by atoms with E-state index in [4.69, 9.17) is 0 Å². The van der Waals surface area contributed by atoms with Crippen LogP contribution in [0.4, 0.5) is 0 Å². The van der Waals surface area contributed by atoms with Gasteiger partial charge < -0.3 is 4.90 Å². The largest absolute Gasteiger partial charge is 0.338 e. The Morgan fingerprint density at radius 1 is 1.22 bits per heavy atom. The van der Waals surface area contributed by atoms with Gasteiger partial charge in [0.25, 0.3) is 5.91 Å². The predicted molar refractivity (Wildman–Crippen MR) is 115 cm³/mol. The van der Waals surface area contributed by atoms with Crippen LogP contribution in [0.15, 0.2) is 66.2 Å². The van der Waals surface area contributed by atoms with Crippen molar-refractivity contribution in [2.45, 2.75) is 25.7 Å². The highest BCUT2D eigenvalue weighted by Crippen LogP contribution is 2.37. The lowest BCUT2D eigenvalue weighted by atomic mass is 9.84. The van der Waals surface area contributed by atoms with E-state index in [1.54, 1.807) is 12.2 Å². The summed E-state index contributed by atoms with van der Waals surface area (Å²) in [4.78, 5) is 20.0. The molecule has 0 saturated carbocycles. The first-order valence-corrected chi connectivity index (χ1v) is 10.5. The number of aryl methyl sites for hydroxylation is 1. The van der Waals surface area contributed by atoms with Gasteiger partial charge in [-0.3, -0.25) is 9.78 Å². The van der Waals surface area contributed by atoms with Crippen LogP contribution in [0.25, 0.3) is 11.3 Å². The molecule has 0 radical (unpaired) electrons. The summed E-state index contributed by atoms with van der Waals surface area (Å²) < 4.78 is 0. The van der Waals surface area contributed by atoms with Gasteiger partial charge in [0.15, 0.2) is 0 Å². The number of amides is 1. The minimum absolute atomic E-state index is 0.120. The molecule has 0 atom stereocenters. The van der Waals surface area contributed by atoms with Crippen molar-refractivity contribution in [1.29, 1.82) is 0 Å². The number of carbonyl (C=O) groups is 1. The van der Waals surface area contributed by atoms with E-state index in [1.165, 1.54) is 28.5 Å². The average molecular weight is 379 g/mol. The maximum Gasteiger partial charge on any atom is 0.260 e. The lowest BCUT2D eigenvalue weighted by Crippen LogP contribution is -2.38. The Kier molecular flexibility index (Phi) is 6.51. The molecule has 3 nitrogen and oxygen atoms in total. The van der Waals surface area contributed by atoms with E-state index in [1.807, 2.05) is 29.5 Å². The van der Waals surface area contributed by atoms with Gasteiger partial charge in [-0.05, 0) is 61.3 Å². The van der Waals surface area contributed by atoms with Gasteiger partial charge in [0.05, 0.1) is 10.6 Å². The predicted octanol–water partition coefficient (Wildman–Crippen LogP) is 5.20. The van der Waals surface area contributed by atoms with Crippen molar-refractivity contribution in [2.24, 2.45) is 0 Å². The topological polar surface area (TPSA) is 33.2 Å². The first-order chi connectivity index (χ1) is 13.2. The van der Waals surface area contributed by atoms with Gasteiger partial charge in [-0.25, -0.2) is 0 Å². The van der Waals surface area contributed by atoms with E-state index < -0.39 is 0 Å². The Balaban J connectivity index is 1.80. The molecule has 0 unspecified atom stereocenters. The molecule has 27 heavy (non-hydrogen) atoms. The molecule has 1 fully saturated rings. The molecule has 1 aromatic heterocycles. The molecule has 140 valence electrons. The lowest BCUT2D eigenvalue weighted by Gasteiger charge is -2.33. The number of hydrogen-bond acceptors (Lipinski definition) is 3. The zero-order valence-electron chi connectivity index (χ0n) is 16.0. The SMILES string of the molecule is C=C/C=C(\SC)C(=O)N1CCC(c2cccc(C)c2-c2ccccn2)CC1. The average Bonchev–Trinajstić information content (AvgIpc) is 2.72. The zero-order chi connectivity index (χ0) is 19.2. The molecule has 2 heterocycles. The molecule has 3 rings (SSSR count). The van der Waals surface area contributed by atoms with Crippen LogP contribution in [0.5, 0.6) is 0 Å². The second kappa shape index (κ2) is 9.05. The summed E-state index contributed by atoms with van der Waals surface area (Å²) in [6.07, 6.45) is 9.23. The van der Waals surface area contributed by atoms with Gasteiger partial charge in [0.2, 0.25) is 0 Å². The van der Waals surface area contributed by atoms with Crippen molar-refractivity contribution in [2.75, 3.05) is 19.3 Å². The fourth-order valence-corrected chi connectivity index (χ4v) is 4.31. The second-order valence-corrected chi connectivity index (χ2v) is 7.64. The second-order valence-electron chi connectivity index (χ2n) is 6.79. The quantitative estimate of drug-likeness (QED) is 0.530. The molecule has 0 bridgehead atoms. The zero-order valence-corrected chi connectivity index (χ0v) is 16.8. The number of allylic oxidation sites excluding steroid dienone is 2. The Hall–Kier alpha value is -2.33. The number of pyridine rings is 1. The molecule has 0 N–H and O–H groups in total. The summed E-state index contributed by atoms with van der Waals surface area (Å²) in [5.74, 6) is 0.571. The van der Waals surface area contributed by atoms with Gasteiger partial charge in [-0.15, -0.1) is 11.8 Å².